The van der Waals surface area contributed by atoms with E-state index in [1.807, 2.05) is 0 Å². The molecule has 0 amide bonds. The molecule has 0 aromatic heterocycles. The zero-order chi connectivity index (χ0) is 10.9. The smallest absolute Gasteiger partial charge is 0.208 e. The van der Waals surface area contributed by atoms with E-state index in [1.54, 1.807) is 0 Å². The fraction of sp³-hybridized carbons (Fsp3) is 1.00. The number of rotatable bonds is 2. The third kappa shape index (κ3) is 2.92. The van der Waals surface area contributed by atoms with Crippen LogP contribution in [0.2, 0.25) is 0 Å². The lowest BCUT2D eigenvalue weighted by molar-refractivity contribution is 0.175. The summed E-state index contributed by atoms with van der Waals surface area (Å²) in [6.45, 7) is 1.09. The highest BCUT2D eigenvalue weighted by Crippen LogP contribution is 2.31. The quantitative estimate of drug-likeness (QED) is 0.727. The summed E-state index contributed by atoms with van der Waals surface area (Å²) in [5.74, 6) is 0.502. The van der Waals surface area contributed by atoms with E-state index in [2.05, 4.69) is 10.0 Å². The molecule has 3 unspecified atom stereocenters. The normalized spacial score (nSPS) is 37.3. The second-order valence-corrected chi connectivity index (χ2v) is 6.57. The molecule has 0 radical (unpaired) electrons. The average Bonchev–Trinajstić information content (AvgIpc) is 2.16. The maximum atomic E-state index is 11.2. The van der Waals surface area contributed by atoms with Crippen LogP contribution in [0.5, 0.6) is 0 Å². The van der Waals surface area contributed by atoms with Gasteiger partial charge >= 0.3 is 0 Å². The molecule has 1 saturated carbocycles. The van der Waals surface area contributed by atoms with Gasteiger partial charge in [-0.15, -0.1) is 0 Å². The SMILES string of the molecule is CS(=O)(=O)NC1CCCC2NCCCC21. The highest BCUT2D eigenvalue weighted by atomic mass is 32.2. The van der Waals surface area contributed by atoms with Crippen molar-refractivity contribution in [2.24, 2.45) is 5.92 Å². The van der Waals surface area contributed by atoms with Crippen LogP contribution in [0.1, 0.15) is 32.1 Å². The van der Waals surface area contributed by atoms with Gasteiger partial charge in [0.1, 0.15) is 0 Å². The topological polar surface area (TPSA) is 58.2 Å². The fourth-order valence-electron chi connectivity index (χ4n) is 2.97. The van der Waals surface area contributed by atoms with Gasteiger partial charge in [-0.3, -0.25) is 0 Å². The molecule has 2 N–H and O–H groups in total. The van der Waals surface area contributed by atoms with Gasteiger partial charge in [-0.1, -0.05) is 6.42 Å². The zero-order valence-corrected chi connectivity index (χ0v) is 10.0. The predicted molar refractivity (Wildman–Crippen MR) is 60.1 cm³/mol. The van der Waals surface area contributed by atoms with Crippen molar-refractivity contribution in [1.29, 1.82) is 0 Å². The molecule has 2 fully saturated rings. The van der Waals surface area contributed by atoms with Crippen LogP contribution in [0.15, 0.2) is 0 Å². The van der Waals surface area contributed by atoms with Crippen LogP contribution in [0.4, 0.5) is 0 Å². The van der Waals surface area contributed by atoms with E-state index in [1.165, 1.54) is 19.1 Å². The molecule has 0 spiro atoms. The monoisotopic (exact) mass is 232 g/mol. The lowest BCUT2D eigenvalue weighted by Crippen LogP contribution is -2.54. The molecule has 2 rings (SSSR count). The average molecular weight is 232 g/mol. The minimum atomic E-state index is -3.05. The summed E-state index contributed by atoms with van der Waals surface area (Å²) in [6.07, 6.45) is 6.91. The first kappa shape index (κ1) is 11.4. The molecule has 0 aromatic rings. The van der Waals surface area contributed by atoms with Crippen LogP contribution in [0.3, 0.4) is 0 Å². The van der Waals surface area contributed by atoms with Crippen LogP contribution >= 0.6 is 0 Å². The Morgan fingerprint density at radius 3 is 2.73 bits per heavy atom. The minimum absolute atomic E-state index is 0.159. The second-order valence-electron chi connectivity index (χ2n) is 4.79. The second kappa shape index (κ2) is 4.39. The number of piperidine rings is 1. The van der Waals surface area contributed by atoms with Gasteiger partial charge in [-0.05, 0) is 38.1 Å². The number of hydrogen-bond acceptors (Lipinski definition) is 3. The molecule has 0 aromatic carbocycles. The van der Waals surface area contributed by atoms with Crippen molar-refractivity contribution in [1.82, 2.24) is 10.0 Å². The molecular weight excluding hydrogens is 212 g/mol. The summed E-state index contributed by atoms with van der Waals surface area (Å²) in [5.41, 5.74) is 0. The largest absolute Gasteiger partial charge is 0.314 e. The highest BCUT2D eigenvalue weighted by molar-refractivity contribution is 7.88. The van der Waals surface area contributed by atoms with Gasteiger partial charge in [0.05, 0.1) is 6.26 Å². The summed E-state index contributed by atoms with van der Waals surface area (Å²) in [6, 6.07) is 0.693. The molecule has 2 aliphatic rings. The molecular formula is C10H20N2O2S. The van der Waals surface area contributed by atoms with Crippen molar-refractivity contribution < 1.29 is 8.42 Å². The first-order chi connectivity index (χ1) is 7.06. The molecule has 3 atom stereocenters. The van der Waals surface area contributed by atoms with E-state index >= 15 is 0 Å². The maximum absolute atomic E-state index is 11.2. The first-order valence-corrected chi connectivity index (χ1v) is 7.66. The van der Waals surface area contributed by atoms with Gasteiger partial charge in [0.25, 0.3) is 0 Å². The van der Waals surface area contributed by atoms with Crippen molar-refractivity contribution in [3.05, 3.63) is 0 Å². The van der Waals surface area contributed by atoms with Crippen molar-refractivity contribution in [2.45, 2.75) is 44.2 Å². The van der Waals surface area contributed by atoms with Crippen molar-refractivity contribution in [2.75, 3.05) is 12.8 Å². The molecule has 1 saturated heterocycles. The predicted octanol–water partition coefficient (Wildman–Crippen LogP) is 0.456. The minimum Gasteiger partial charge on any atom is -0.314 e. The van der Waals surface area contributed by atoms with Gasteiger partial charge in [0.15, 0.2) is 0 Å². The zero-order valence-electron chi connectivity index (χ0n) is 9.20. The van der Waals surface area contributed by atoms with E-state index in [9.17, 15) is 8.42 Å². The Morgan fingerprint density at radius 1 is 1.20 bits per heavy atom. The van der Waals surface area contributed by atoms with Crippen LogP contribution in [-0.2, 0) is 10.0 Å². The van der Waals surface area contributed by atoms with E-state index in [0.717, 1.165) is 25.8 Å². The van der Waals surface area contributed by atoms with E-state index < -0.39 is 10.0 Å². The molecule has 88 valence electrons. The third-order valence-electron chi connectivity index (χ3n) is 3.55. The number of sulfonamides is 1. The molecule has 0 bridgehead atoms. The molecule has 5 heteroatoms. The van der Waals surface area contributed by atoms with Gasteiger partial charge in [-0.2, -0.15) is 0 Å². The Balaban J connectivity index is 2.03. The first-order valence-electron chi connectivity index (χ1n) is 5.77. The van der Waals surface area contributed by atoms with Crippen molar-refractivity contribution >= 4 is 10.0 Å². The number of nitrogens with one attached hydrogen (secondary N) is 2. The number of hydrogen-bond donors (Lipinski definition) is 2. The Bertz CT molecular complexity index is 313. The maximum Gasteiger partial charge on any atom is 0.208 e. The summed E-state index contributed by atoms with van der Waals surface area (Å²) < 4.78 is 25.3. The van der Waals surface area contributed by atoms with Gasteiger partial charge in [-0.25, -0.2) is 13.1 Å². The molecule has 1 heterocycles. The Kier molecular flexibility index (Phi) is 3.33. The standard InChI is InChI=1S/C10H20N2O2S/c1-15(13,14)12-10-6-2-5-9-8(10)4-3-7-11-9/h8-12H,2-7H2,1H3. The van der Waals surface area contributed by atoms with Gasteiger partial charge < -0.3 is 5.32 Å². The molecule has 1 aliphatic heterocycles. The summed E-state index contributed by atoms with van der Waals surface area (Å²) >= 11 is 0. The Labute approximate surface area is 91.9 Å². The van der Waals surface area contributed by atoms with Crippen LogP contribution in [0, 0.1) is 5.92 Å². The fourth-order valence-corrected chi connectivity index (χ4v) is 3.81. The molecule has 4 nitrogen and oxygen atoms in total. The lowest BCUT2D eigenvalue weighted by atomic mass is 9.76. The summed E-state index contributed by atoms with van der Waals surface area (Å²) in [7, 11) is -3.05. The van der Waals surface area contributed by atoms with Crippen LogP contribution in [0.25, 0.3) is 0 Å². The Hall–Kier alpha value is -0.130. The van der Waals surface area contributed by atoms with Crippen molar-refractivity contribution in [3.8, 4) is 0 Å². The summed E-state index contributed by atoms with van der Waals surface area (Å²) in [5, 5.41) is 3.50. The van der Waals surface area contributed by atoms with E-state index in [4.69, 9.17) is 0 Å². The van der Waals surface area contributed by atoms with E-state index in [-0.39, 0.29) is 6.04 Å². The summed E-state index contributed by atoms with van der Waals surface area (Å²) in [4.78, 5) is 0. The van der Waals surface area contributed by atoms with Gasteiger partial charge in [0.2, 0.25) is 10.0 Å². The molecule has 1 aliphatic carbocycles. The van der Waals surface area contributed by atoms with Crippen molar-refractivity contribution in [3.63, 3.8) is 0 Å². The van der Waals surface area contributed by atoms with Crippen LogP contribution in [-0.4, -0.2) is 33.3 Å². The molecule has 15 heavy (non-hydrogen) atoms. The Morgan fingerprint density at radius 2 is 2.00 bits per heavy atom. The van der Waals surface area contributed by atoms with Gasteiger partial charge in [0, 0.05) is 12.1 Å². The lowest BCUT2D eigenvalue weighted by Gasteiger charge is -2.41. The van der Waals surface area contributed by atoms with Crippen LogP contribution < -0.4 is 10.0 Å². The number of fused-ring (bicyclic) bond motifs is 1. The third-order valence-corrected chi connectivity index (χ3v) is 4.28. The van der Waals surface area contributed by atoms with E-state index in [0.29, 0.717) is 12.0 Å². The highest BCUT2D eigenvalue weighted by Gasteiger charge is 2.35.